The van der Waals surface area contributed by atoms with Gasteiger partial charge in [-0.3, -0.25) is 0 Å². The fourth-order valence-electron chi connectivity index (χ4n) is 2.66. The maximum absolute atomic E-state index is 12.7. The Bertz CT molecular complexity index is 718. The number of hydrogen-bond acceptors (Lipinski definition) is 5. The molecular weight excluding hydrogens is 325 g/mol. The van der Waals surface area contributed by atoms with Gasteiger partial charge in [0.05, 0.1) is 16.9 Å². The van der Waals surface area contributed by atoms with E-state index in [0.717, 1.165) is 41.8 Å². The minimum absolute atomic E-state index is 0.0134. The fraction of sp³-hybridized carbons (Fsp3) is 0.400. The smallest absolute Gasteiger partial charge is 0.370 e. The van der Waals surface area contributed by atoms with Gasteiger partial charge in [-0.25, -0.2) is 9.97 Å². The first-order chi connectivity index (χ1) is 11.0. The van der Waals surface area contributed by atoms with Crippen molar-refractivity contribution in [3.8, 4) is 6.07 Å². The summed E-state index contributed by atoms with van der Waals surface area (Å²) in [5.41, 5.74) is 0.410. The topological polar surface area (TPSA) is 52.8 Å². The molecule has 3 rings (SSSR count). The van der Waals surface area contributed by atoms with Crippen molar-refractivity contribution in [1.82, 2.24) is 9.97 Å². The highest BCUT2D eigenvalue weighted by Gasteiger charge is 2.35. The van der Waals surface area contributed by atoms with E-state index in [1.807, 2.05) is 12.1 Å². The van der Waals surface area contributed by atoms with E-state index < -0.39 is 11.9 Å². The second kappa shape index (κ2) is 6.16. The Morgan fingerprint density at radius 2 is 2.17 bits per heavy atom. The Labute approximate surface area is 135 Å². The number of halogens is 3. The molecule has 0 aromatic carbocycles. The van der Waals surface area contributed by atoms with Crippen molar-refractivity contribution < 1.29 is 13.2 Å². The summed E-state index contributed by atoms with van der Waals surface area (Å²) in [6.07, 6.45) is -1.05. The molecule has 8 heteroatoms. The van der Waals surface area contributed by atoms with E-state index in [9.17, 15) is 13.2 Å². The number of piperidine rings is 1. The van der Waals surface area contributed by atoms with Crippen molar-refractivity contribution in [3.63, 3.8) is 0 Å². The van der Waals surface area contributed by atoms with Crippen LogP contribution in [0.4, 0.5) is 18.9 Å². The van der Waals surface area contributed by atoms with Crippen molar-refractivity contribution in [2.24, 2.45) is 0 Å². The van der Waals surface area contributed by atoms with E-state index in [0.29, 0.717) is 17.2 Å². The van der Waals surface area contributed by atoms with Crippen molar-refractivity contribution in [3.05, 3.63) is 40.1 Å². The largest absolute Gasteiger partial charge is 0.434 e. The van der Waals surface area contributed by atoms with Crippen LogP contribution >= 0.6 is 11.3 Å². The van der Waals surface area contributed by atoms with Crippen LogP contribution in [0.1, 0.15) is 35.2 Å². The van der Waals surface area contributed by atoms with Crippen LogP contribution in [0, 0.1) is 11.3 Å². The minimum atomic E-state index is -4.39. The highest BCUT2D eigenvalue weighted by molar-refractivity contribution is 7.09. The van der Waals surface area contributed by atoms with Gasteiger partial charge in [0.25, 0.3) is 0 Å². The normalized spacial score (nSPS) is 18.7. The molecule has 0 bridgehead atoms. The second-order valence-corrected chi connectivity index (χ2v) is 6.26. The average Bonchev–Trinajstić information content (AvgIpc) is 3.05. The summed E-state index contributed by atoms with van der Waals surface area (Å²) in [5.74, 6) is -0.0134. The molecule has 1 aliphatic rings. The summed E-state index contributed by atoms with van der Waals surface area (Å²) >= 11 is 1.07. The van der Waals surface area contributed by atoms with Gasteiger partial charge in [-0.05, 0) is 25.0 Å². The van der Waals surface area contributed by atoms with E-state index in [-0.39, 0.29) is 5.92 Å². The molecule has 0 saturated carbocycles. The number of anilines is 1. The standard InChI is InChI=1S/C15H13F3N4S/c16-15(17,18)13-9-23-14(21-13)10-2-1-5-22(8-10)12-4-3-11(6-19)20-7-12/h3-4,7,9-10H,1-2,5,8H2/t10-/m0/s1. The predicted octanol–water partition coefficient (Wildman–Crippen LogP) is 3.81. The molecule has 0 aliphatic carbocycles. The van der Waals surface area contributed by atoms with Gasteiger partial charge in [-0.1, -0.05) is 0 Å². The fourth-order valence-corrected chi connectivity index (χ4v) is 3.61. The van der Waals surface area contributed by atoms with Crippen molar-refractivity contribution in [2.75, 3.05) is 18.0 Å². The van der Waals surface area contributed by atoms with Crippen LogP contribution in [-0.4, -0.2) is 23.1 Å². The Hall–Kier alpha value is -2.14. The van der Waals surface area contributed by atoms with Gasteiger partial charge in [0.1, 0.15) is 11.8 Å². The summed E-state index contributed by atoms with van der Waals surface area (Å²) in [7, 11) is 0. The average molecular weight is 338 g/mol. The van der Waals surface area contributed by atoms with Gasteiger partial charge in [-0.2, -0.15) is 18.4 Å². The molecule has 1 fully saturated rings. The van der Waals surface area contributed by atoms with Gasteiger partial charge in [-0.15, -0.1) is 11.3 Å². The molecule has 2 aromatic rings. The van der Waals surface area contributed by atoms with Gasteiger partial charge >= 0.3 is 6.18 Å². The molecule has 0 unspecified atom stereocenters. The third-order valence-corrected chi connectivity index (χ3v) is 4.82. The lowest BCUT2D eigenvalue weighted by Crippen LogP contribution is -2.34. The number of nitriles is 1. The van der Waals surface area contributed by atoms with Crippen LogP contribution in [0.25, 0.3) is 0 Å². The van der Waals surface area contributed by atoms with Crippen LogP contribution < -0.4 is 4.90 Å². The molecule has 2 aromatic heterocycles. The lowest BCUT2D eigenvalue weighted by atomic mass is 9.98. The number of hydrogen-bond donors (Lipinski definition) is 0. The molecule has 23 heavy (non-hydrogen) atoms. The van der Waals surface area contributed by atoms with Gasteiger partial charge in [0.15, 0.2) is 5.69 Å². The van der Waals surface area contributed by atoms with Crippen LogP contribution in [0.15, 0.2) is 23.7 Å². The number of alkyl halides is 3. The van der Waals surface area contributed by atoms with Gasteiger partial charge < -0.3 is 4.90 Å². The molecule has 0 radical (unpaired) electrons. The highest BCUT2D eigenvalue weighted by atomic mass is 32.1. The van der Waals surface area contributed by atoms with E-state index in [2.05, 4.69) is 14.9 Å². The molecule has 1 aliphatic heterocycles. The zero-order valence-electron chi connectivity index (χ0n) is 12.0. The van der Waals surface area contributed by atoms with E-state index >= 15 is 0 Å². The Kier molecular flexibility index (Phi) is 4.22. The van der Waals surface area contributed by atoms with Crippen molar-refractivity contribution >= 4 is 17.0 Å². The molecule has 0 N–H and O–H groups in total. The second-order valence-electron chi connectivity index (χ2n) is 5.37. The van der Waals surface area contributed by atoms with E-state index in [1.54, 1.807) is 12.3 Å². The maximum atomic E-state index is 12.7. The Morgan fingerprint density at radius 3 is 2.78 bits per heavy atom. The third kappa shape index (κ3) is 3.45. The van der Waals surface area contributed by atoms with E-state index in [4.69, 9.17) is 5.26 Å². The molecule has 0 amide bonds. The number of aromatic nitrogens is 2. The zero-order valence-corrected chi connectivity index (χ0v) is 12.9. The van der Waals surface area contributed by atoms with Crippen LogP contribution in [0.3, 0.4) is 0 Å². The lowest BCUT2D eigenvalue weighted by molar-refractivity contribution is -0.140. The first kappa shape index (κ1) is 15.7. The molecular formula is C15H13F3N4S. The van der Waals surface area contributed by atoms with Gasteiger partial charge in [0, 0.05) is 24.4 Å². The SMILES string of the molecule is N#Cc1ccc(N2CCC[C@H](c3nc(C(F)(F)F)cs3)C2)cn1. The number of thiazole rings is 1. The monoisotopic (exact) mass is 338 g/mol. The number of nitrogens with zero attached hydrogens (tertiary/aromatic N) is 4. The molecule has 0 spiro atoms. The van der Waals surface area contributed by atoms with Crippen LogP contribution in [-0.2, 0) is 6.18 Å². The summed E-state index contributed by atoms with van der Waals surface area (Å²) in [5, 5.41) is 10.4. The molecule has 3 heterocycles. The first-order valence-corrected chi connectivity index (χ1v) is 7.99. The minimum Gasteiger partial charge on any atom is -0.370 e. The quantitative estimate of drug-likeness (QED) is 0.835. The van der Waals surface area contributed by atoms with Crippen molar-refractivity contribution in [1.29, 1.82) is 5.26 Å². The molecule has 1 saturated heterocycles. The first-order valence-electron chi connectivity index (χ1n) is 7.11. The molecule has 120 valence electrons. The van der Waals surface area contributed by atoms with Gasteiger partial charge in [0.2, 0.25) is 0 Å². The maximum Gasteiger partial charge on any atom is 0.434 e. The molecule has 1 atom stereocenters. The number of rotatable bonds is 2. The van der Waals surface area contributed by atoms with Crippen molar-refractivity contribution in [2.45, 2.75) is 24.9 Å². The highest BCUT2D eigenvalue weighted by Crippen LogP contribution is 2.35. The Morgan fingerprint density at radius 1 is 1.35 bits per heavy atom. The Balaban J connectivity index is 1.75. The molecule has 4 nitrogen and oxygen atoms in total. The number of pyridine rings is 1. The van der Waals surface area contributed by atoms with Crippen LogP contribution in [0.2, 0.25) is 0 Å². The van der Waals surface area contributed by atoms with E-state index in [1.165, 1.54) is 0 Å². The third-order valence-electron chi connectivity index (χ3n) is 3.81. The summed E-state index contributed by atoms with van der Waals surface area (Å²) in [4.78, 5) is 9.89. The summed E-state index contributed by atoms with van der Waals surface area (Å²) < 4.78 is 38.0. The summed E-state index contributed by atoms with van der Waals surface area (Å²) in [6, 6.07) is 5.42. The summed E-state index contributed by atoms with van der Waals surface area (Å²) in [6.45, 7) is 1.43. The zero-order chi connectivity index (χ0) is 16.4. The van der Waals surface area contributed by atoms with Crippen LogP contribution in [0.5, 0.6) is 0 Å². The lowest BCUT2D eigenvalue weighted by Gasteiger charge is -2.33. The predicted molar refractivity (Wildman–Crippen MR) is 80.3 cm³/mol.